The predicted octanol–water partition coefficient (Wildman–Crippen LogP) is 2.36. The van der Waals surface area contributed by atoms with E-state index in [-0.39, 0.29) is 18.9 Å². The van der Waals surface area contributed by atoms with Crippen LogP contribution in [0, 0.1) is 5.92 Å². The van der Waals surface area contributed by atoms with Gasteiger partial charge in [-0.1, -0.05) is 55.5 Å². The summed E-state index contributed by atoms with van der Waals surface area (Å²) in [6.07, 6.45) is 0.0932. The Balaban J connectivity index is 1.83. The van der Waals surface area contributed by atoms with Crippen molar-refractivity contribution >= 4 is 17.8 Å². The summed E-state index contributed by atoms with van der Waals surface area (Å²) < 4.78 is 4.98. The molecule has 6 nitrogen and oxygen atoms in total. The number of hydrogen-bond acceptors (Lipinski definition) is 4. The first-order valence-corrected chi connectivity index (χ1v) is 9.38. The van der Waals surface area contributed by atoms with Gasteiger partial charge in [0.2, 0.25) is 11.8 Å². The maximum atomic E-state index is 13.1. The number of hydrogen-bond donors (Lipinski definition) is 2. The molecule has 0 heterocycles. The fraction of sp³-hybridized carbons (Fsp3) is 0.318. The van der Waals surface area contributed by atoms with Gasteiger partial charge in [-0.05, 0) is 35.6 Å². The summed E-state index contributed by atoms with van der Waals surface area (Å²) in [5, 5.41) is 2.75. The SMILES string of the molecule is CCOC(=O)[C@H](C)C[C@@H](NC(=O)C1c2ccccc2-c2ccccc21)C(N)=O. The van der Waals surface area contributed by atoms with E-state index in [0.29, 0.717) is 0 Å². The van der Waals surface area contributed by atoms with Crippen LogP contribution in [-0.4, -0.2) is 30.4 Å². The Labute approximate surface area is 164 Å². The van der Waals surface area contributed by atoms with Gasteiger partial charge in [0.25, 0.3) is 0 Å². The van der Waals surface area contributed by atoms with Gasteiger partial charge in [0.05, 0.1) is 18.4 Å². The van der Waals surface area contributed by atoms with E-state index in [0.717, 1.165) is 22.3 Å². The molecule has 1 aliphatic carbocycles. The second-order valence-electron chi connectivity index (χ2n) is 6.96. The molecule has 0 saturated carbocycles. The van der Waals surface area contributed by atoms with E-state index in [9.17, 15) is 14.4 Å². The normalized spacial score (nSPS) is 14.5. The third-order valence-corrected chi connectivity index (χ3v) is 5.03. The second kappa shape index (κ2) is 8.25. The molecule has 1 aliphatic rings. The highest BCUT2D eigenvalue weighted by atomic mass is 16.5. The van der Waals surface area contributed by atoms with E-state index in [2.05, 4.69) is 5.32 Å². The highest BCUT2D eigenvalue weighted by Crippen LogP contribution is 2.44. The lowest BCUT2D eigenvalue weighted by Crippen LogP contribution is -2.47. The van der Waals surface area contributed by atoms with Gasteiger partial charge >= 0.3 is 5.97 Å². The summed E-state index contributed by atoms with van der Waals surface area (Å²) in [6, 6.07) is 14.5. The number of carbonyl (C=O) groups is 3. The van der Waals surface area contributed by atoms with Crippen molar-refractivity contribution in [3.05, 3.63) is 59.7 Å². The first-order chi connectivity index (χ1) is 13.4. The molecule has 0 aromatic heterocycles. The van der Waals surface area contributed by atoms with Crippen molar-refractivity contribution in [3.8, 4) is 11.1 Å². The molecule has 3 rings (SSSR count). The summed E-state index contributed by atoms with van der Waals surface area (Å²) in [5.74, 6) is -2.48. The number of nitrogens with one attached hydrogen (secondary N) is 1. The Morgan fingerprint density at radius 1 is 1.04 bits per heavy atom. The first-order valence-electron chi connectivity index (χ1n) is 9.38. The summed E-state index contributed by atoms with van der Waals surface area (Å²) in [7, 11) is 0. The lowest BCUT2D eigenvalue weighted by atomic mass is 9.94. The van der Waals surface area contributed by atoms with Crippen molar-refractivity contribution < 1.29 is 19.1 Å². The van der Waals surface area contributed by atoms with Crippen LogP contribution >= 0.6 is 0 Å². The minimum atomic E-state index is -0.952. The minimum Gasteiger partial charge on any atom is -0.466 e. The number of nitrogens with two attached hydrogens (primary N) is 1. The number of fused-ring (bicyclic) bond motifs is 3. The number of rotatable bonds is 7. The molecule has 0 bridgehead atoms. The van der Waals surface area contributed by atoms with Crippen LogP contribution in [0.15, 0.2) is 48.5 Å². The van der Waals surface area contributed by atoms with Crippen molar-refractivity contribution in [2.75, 3.05) is 6.61 Å². The van der Waals surface area contributed by atoms with Gasteiger partial charge < -0.3 is 15.8 Å². The average molecular weight is 380 g/mol. The van der Waals surface area contributed by atoms with Crippen LogP contribution in [0.2, 0.25) is 0 Å². The van der Waals surface area contributed by atoms with E-state index < -0.39 is 29.8 Å². The van der Waals surface area contributed by atoms with Crippen LogP contribution in [0.1, 0.15) is 37.3 Å². The number of benzene rings is 2. The quantitative estimate of drug-likeness (QED) is 0.721. The lowest BCUT2D eigenvalue weighted by molar-refractivity contribution is -0.148. The maximum Gasteiger partial charge on any atom is 0.308 e. The van der Waals surface area contributed by atoms with E-state index >= 15 is 0 Å². The topological polar surface area (TPSA) is 98.5 Å². The number of primary amides is 1. The largest absolute Gasteiger partial charge is 0.466 e. The number of amides is 2. The molecular weight excluding hydrogens is 356 g/mol. The van der Waals surface area contributed by atoms with Gasteiger partial charge in [-0.2, -0.15) is 0 Å². The predicted molar refractivity (Wildman–Crippen MR) is 105 cm³/mol. The summed E-state index contributed by atoms with van der Waals surface area (Å²) in [6.45, 7) is 3.62. The molecule has 28 heavy (non-hydrogen) atoms. The third-order valence-electron chi connectivity index (χ3n) is 5.03. The summed E-state index contributed by atoms with van der Waals surface area (Å²) in [4.78, 5) is 36.9. The van der Waals surface area contributed by atoms with E-state index in [1.165, 1.54) is 0 Å². The van der Waals surface area contributed by atoms with Gasteiger partial charge in [-0.15, -0.1) is 0 Å². The van der Waals surface area contributed by atoms with Gasteiger partial charge in [0.1, 0.15) is 6.04 Å². The maximum absolute atomic E-state index is 13.1. The van der Waals surface area contributed by atoms with Gasteiger partial charge in [-0.25, -0.2) is 0 Å². The van der Waals surface area contributed by atoms with Crippen LogP contribution in [0.4, 0.5) is 0 Å². The fourth-order valence-corrected chi connectivity index (χ4v) is 3.67. The van der Waals surface area contributed by atoms with E-state index in [1.807, 2.05) is 48.5 Å². The van der Waals surface area contributed by atoms with Crippen molar-refractivity contribution in [3.63, 3.8) is 0 Å². The zero-order valence-corrected chi connectivity index (χ0v) is 16.0. The molecule has 0 unspecified atom stereocenters. The lowest BCUT2D eigenvalue weighted by Gasteiger charge is -2.21. The average Bonchev–Trinajstić information content (AvgIpc) is 3.02. The Bertz CT molecular complexity index is 863. The highest BCUT2D eigenvalue weighted by Gasteiger charge is 2.35. The molecule has 2 amide bonds. The van der Waals surface area contributed by atoms with E-state index in [4.69, 9.17) is 10.5 Å². The van der Waals surface area contributed by atoms with Crippen LogP contribution in [-0.2, 0) is 19.1 Å². The summed E-state index contributed by atoms with van der Waals surface area (Å²) >= 11 is 0. The Morgan fingerprint density at radius 3 is 2.07 bits per heavy atom. The second-order valence-corrected chi connectivity index (χ2v) is 6.96. The Kier molecular flexibility index (Phi) is 5.78. The molecule has 146 valence electrons. The van der Waals surface area contributed by atoms with Crippen LogP contribution in [0.25, 0.3) is 11.1 Å². The molecule has 0 radical (unpaired) electrons. The highest BCUT2D eigenvalue weighted by molar-refractivity contribution is 5.98. The van der Waals surface area contributed by atoms with Crippen LogP contribution in [0.5, 0.6) is 0 Å². The molecule has 2 aromatic rings. The molecule has 0 spiro atoms. The monoisotopic (exact) mass is 380 g/mol. The third kappa shape index (κ3) is 3.76. The first kappa shape index (κ1) is 19.6. The standard InChI is InChI=1S/C22H24N2O4/c1-3-28-22(27)13(2)12-18(20(23)25)24-21(26)19-16-10-6-4-8-14(16)15-9-5-7-11-17(15)19/h4-11,13,18-19H,3,12H2,1-2H3,(H2,23,25)(H,24,26)/t13-,18-/m1/s1. The van der Waals surface area contributed by atoms with Crippen molar-refractivity contribution in [2.24, 2.45) is 11.7 Å². The fourth-order valence-electron chi connectivity index (χ4n) is 3.67. The Hall–Kier alpha value is -3.15. The van der Waals surface area contributed by atoms with Crippen LogP contribution in [0.3, 0.4) is 0 Å². The van der Waals surface area contributed by atoms with Crippen molar-refractivity contribution in [1.29, 1.82) is 0 Å². The molecule has 0 fully saturated rings. The zero-order valence-electron chi connectivity index (χ0n) is 16.0. The molecule has 3 N–H and O–H groups in total. The van der Waals surface area contributed by atoms with Crippen molar-refractivity contribution in [1.82, 2.24) is 5.32 Å². The smallest absolute Gasteiger partial charge is 0.308 e. The zero-order chi connectivity index (χ0) is 20.3. The summed E-state index contributed by atoms with van der Waals surface area (Å²) in [5.41, 5.74) is 9.29. The van der Waals surface area contributed by atoms with Gasteiger partial charge in [0.15, 0.2) is 0 Å². The number of carbonyl (C=O) groups excluding carboxylic acids is 3. The van der Waals surface area contributed by atoms with Gasteiger partial charge in [0, 0.05) is 0 Å². The molecule has 0 aliphatic heterocycles. The van der Waals surface area contributed by atoms with E-state index in [1.54, 1.807) is 13.8 Å². The number of ether oxygens (including phenoxy) is 1. The Morgan fingerprint density at radius 2 is 1.57 bits per heavy atom. The molecule has 0 saturated heterocycles. The number of esters is 1. The minimum absolute atomic E-state index is 0.0932. The van der Waals surface area contributed by atoms with Gasteiger partial charge in [-0.3, -0.25) is 14.4 Å². The molecule has 6 heteroatoms. The van der Waals surface area contributed by atoms with Crippen molar-refractivity contribution in [2.45, 2.75) is 32.2 Å². The van der Waals surface area contributed by atoms with Crippen LogP contribution < -0.4 is 11.1 Å². The molecule has 2 aromatic carbocycles. The molecule has 2 atom stereocenters. The molecular formula is C22H24N2O4.